The molecule has 0 saturated heterocycles. The maximum absolute atomic E-state index is 12.3. The van der Waals surface area contributed by atoms with Gasteiger partial charge in [0.2, 0.25) is 0 Å². The highest BCUT2D eigenvalue weighted by Crippen LogP contribution is 1.99. The Hall–Kier alpha value is -0.640. The van der Waals surface area contributed by atoms with Crippen LogP contribution in [0.15, 0.2) is 17.1 Å². The van der Waals surface area contributed by atoms with Crippen LogP contribution in [0.25, 0.3) is 0 Å². The number of halogens is 2. The molecular weight excluding hydrogens is 201 g/mol. The molecule has 1 heterocycles. The van der Waals surface area contributed by atoms with E-state index < -0.39 is 5.82 Å². The van der Waals surface area contributed by atoms with E-state index in [-0.39, 0.29) is 5.56 Å². The van der Waals surface area contributed by atoms with E-state index in [9.17, 15) is 9.18 Å². The average Bonchev–Trinajstić information content (AvgIpc) is 1.94. The van der Waals surface area contributed by atoms with Gasteiger partial charge in [-0.1, -0.05) is 15.9 Å². The SMILES string of the molecule is O=c1[nH]cc(F)cc1CBr. The molecule has 0 atom stereocenters. The van der Waals surface area contributed by atoms with Gasteiger partial charge >= 0.3 is 0 Å². The van der Waals surface area contributed by atoms with Gasteiger partial charge in [-0.3, -0.25) is 4.79 Å². The van der Waals surface area contributed by atoms with E-state index >= 15 is 0 Å². The van der Waals surface area contributed by atoms with Gasteiger partial charge in [0.1, 0.15) is 5.82 Å². The highest BCUT2D eigenvalue weighted by molar-refractivity contribution is 9.08. The minimum absolute atomic E-state index is 0.252. The Morgan fingerprint density at radius 3 is 2.90 bits per heavy atom. The Morgan fingerprint density at radius 1 is 1.70 bits per heavy atom. The summed E-state index contributed by atoms with van der Waals surface area (Å²) in [5.41, 5.74) is 0.151. The summed E-state index contributed by atoms with van der Waals surface area (Å²) in [6.45, 7) is 0. The summed E-state index contributed by atoms with van der Waals surface area (Å²) < 4.78 is 12.3. The van der Waals surface area contributed by atoms with E-state index in [1.54, 1.807) is 0 Å². The quantitative estimate of drug-likeness (QED) is 0.692. The van der Waals surface area contributed by atoms with Gasteiger partial charge in [-0.2, -0.15) is 0 Å². The number of nitrogens with one attached hydrogen (secondary N) is 1. The van der Waals surface area contributed by atoms with Crippen LogP contribution in [0, 0.1) is 5.82 Å². The van der Waals surface area contributed by atoms with E-state index in [0.29, 0.717) is 10.9 Å². The van der Waals surface area contributed by atoms with Gasteiger partial charge in [0.05, 0.1) is 0 Å². The molecule has 0 amide bonds. The van der Waals surface area contributed by atoms with E-state index in [1.807, 2.05) is 0 Å². The number of rotatable bonds is 1. The van der Waals surface area contributed by atoms with Crippen molar-refractivity contribution < 1.29 is 4.39 Å². The minimum atomic E-state index is -0.422. The molecule has 1 rings (SSSR count). The van der Waals surface area contributed by atoms with Crippen LogP contribution in [0.1, 0.15) is 5.56 Å². The molecule has 10 heavy (non-hydrogen) atoms. The van der Waals surface area contributed by atoms with Gasteiger partial charge in [-0.25, -0.2) is 4.39 Å². The van der Waals surface area contributed by atoms with Crippen molar-refractivity contribution in [3.8, 4) is 0 Å². The molecule has 1 N–H and O–H groups in total. The van der Waals surface area contributed by atoms with Crippen LogP contribution in [0.3, 0.4) is 0 Å². The van der Waals surface area contributed by atoms with Gasteiger partial charge in [-0.05, 0) is 6.07 Å². The van der Waals surface area contributed by atoms with Crippen molar-refractivity contribution in [1.29, 1.82) is 0 Å². The zero-order valence-electron chi connectivity index (χ0n) is 5.03. The van der Waals surface area contributed by atoms with Gasteiger partial charge in [-0.15, -0.1) is 0 Å². The molecule has 0 bridgehead atoms. The van der Waals surface area contributed by atoms with Crippen molar-refractivity contribution >= 4 is 15.9 Å². The predicted octanol–water partition coefficient (Wildman–Crippen LogP) is 1.41. The first-order valence-corrected chi connectivity index (χ1v) is 3.79. The van der Waals surface area contributed by atoms with Crippen molar-refractivity contribution in [2.45, 2.75) is 5.33 Å². The third-order valence-electron chi connectivity index (χ3n) is 1.09. The molecule has 54 valence electrons. The third kappa shape index (κ3) is 1.44. The van der Waals surface area contributed by atoms with E-state index in [1.165, 1.54) is 6.07 Å². The van der Waals surface area contributed by atoms with Crippen LogP contribution in [0.5, 0.6) is 0 Å². The molecule has 1 aromatic rings. The first-order valence-electron chi connectivity index (χ1n) is 2.67. The summed E-state index contributed by atoms with van der Waals surface area (Å²) in [4.78, 5) is 13.0. The second kappa shape index (κ2) is 2.96. The second-order valence-corrected chi connectivity index (χ2v) is 2.37. The summed E-state index contributed by atoms with van der Waals surface area (Å²) >= 11 is 3.06. The average molecular weight is 206 g/mol. The fourth-order valence-electron chi connectivity index (χ4n) is 0.600. The molecule has 0 spiro atoms. The lowest BCUT2D eigenvalue weighted by Crippen LogP contribution is -2.10. The molecular formula is C6H5BrFNO. The molecule has 0 aliphatic carbocycles. The lowest BCUT2D eigenvalue weighted by atomic mass is 10.3. The van der Waals surface area contributed by atoms with Crippen molar-refractivity contribution in [3.63, 3.8) is 0 Å². The Bertz CT molecular complexity index is 283. The van der Waals surface area contributed by atoms with E-state index in [0.717, 1.165) is 6.20 Å². The van der Waals surface area contributed by atoms with Gasteiger partial charge in [0.15, 0.2) is 0 Å². The van der Waals surface area contributed by atoms with Gasteiger partial charge in [0, 0.05) is 17.1 Å². The molecule has 4 heteroatoms. The van der Waals surface area contributed by atoms with Crippen LogP contribution in [-0.2, 0) is 5.33 Å². The topological polar surface area (TPSA) is 32.9 Å². The van der Waals surface area contributed by atoms with Crippen molar-refractivity contribution in [2.75, 3.05) is 0 Å². The molecule has 0 saturated carbocycles. The number of H-pyrrole nitrogens is 1. The molecule has 0 fully saturated rings. The fourth-order valence-corrected chi connectivity index (χ4v) is 1.02. The smallest absolute Gasteiger partial charge is 0.252 e. The highest BCUT2D eigenvalue weighted by atomic mass is 79.9. The van der Waals surface area contributed by atoms with Crippen LogP contribution in [0.4, 0.5) is 4.39 Å². The Labute approximate surface area is 65.2 Å². The first kappa shape index (κ1) is 7.47. The maximum atomic E-state index is 12.3. The number of pyridine rings is 1. The fraction of sp³-hybridized carbons (Fsp3) is 0.167. The normalized spacial score (nSPS) is 9.80. The Kier molecular flexibility index (Phi) is 2.21. The Morgan fingerprint density at radius 2 is 2.40 bits per heavy atom. The predicted molar refractivity (Wildman–Crippen MR) is 39.7 cm³/mol. The van der Waals surface area contributed by atoms with Crippen LogP contribution in [-0.4, -0.2) is 4.98 Å². The lowest BCUT2D eigenvalue weighted by molar-refractivity contribution is 0.618. The summed E-state index contributed by atoms with van der Waals surface area (Å²) in [6, 6.07) is 1.20. The van der Waals surface area contributed by atoms with Gasteiger partial charge < -0.3 is 4.98 Å². The number of hydrogen-bond donors (Lipinski definition) is 1. The van der Waals surface area contributed by atoms with E-state index in [2.05, 4.69) is 20.9 Å². The highest BCUT2D eigenvalue weighted by Gasteiger charge is 1.97. The molecule has 2 nitrogen and oxygen atoms in total. The van der Waals surface area contributed by atoms with Gasteiger partial charge in [0.25, 0.3) is 5.56 Å². The molecule has 0 aliphatic rings. The summed E-state index contributed by atoms with van der Waals surface area (Å²) in [5.74, 6) is -0.422. The molecule has 0 radical (unpaired) electrons. The minimum Gasteiger partial charge on any atom is -0.326 e. The van der Waals surface area contributed by atoms with Crippen LogP contribution < -0.4 is 5.56 Å². The molecule has 0 unspecified atom stereocenters. The monoisotopic (exact) mass is 205 g/mol. The number of alkyl halides is 1. The number of hydrogen-bond acceptors (Lipinski definition) is 1. The zero-order chi connectivity index (χ0) is 7.56. The van der Waals surface area contributed by atoms with E-state index in [4.69, 9.17) is 0 Å². The summed E-state index contributed by atoms with van der Waals surface area (Å²) in [6.07, 6.45) is 1.04. The van der Waals surface area contributed by atoms with Crippen molar-refractivity contribution in [2.24, 2.45) is 0 Å². The third-order valence-corrected chi connectivity index (χ3v) is 1.69. The standard InChI is InChI=1S/C6H5BrFNO/c7-2-4-1-5(8)3-9-6(4)10/h1,3H,2H2,(H,9,10). The molecule has 0 aromatic carbocycles. The van der Waals surface area contributed by atoms with Crippen LogP contribution in [0.2, 0.25) is 0 Å². The lowest BCUT2D eigenvalue weighted by Gasteiger charge is -1.91. The molecule has 1 aromatic heterocycles. The second-order valence-electron chi connectivity index (χ2n) is 1.81. The summed E-state index contributed by atoms with van der Waals surface area (Å²) in [7, 11) is 0. The maximum Gasteiger partial charge on any atom is 0.252 e. The van der Waals surface area contributed by atoms with Crippen molar-refractivity contribution in [1.82, 2.24) is 4.98 Å². The number of aromatic amines is 1. The van der Waals surface area contributed by atoms with Crippen molar-refractivity contribution in [3.05, 3.63) is 34.0 Å². The Balaban J connectivity index is 3.22. The zero-order valence-corrected chi connectivity index (χ0v) is 6.61. The van der Waals surface area contributed by atoms with Crippen LogP contribution >= 0.6 is 15.9 Å². The number of aromatic nitrogens is 1. The molecule has 0 aliphatic heterocycles. The summed E-state index contributed by atoms with van der Waals surface area (Å²) in [5, 5.41) is 0.375. The first-order chi connectivity index (χ1) is 4.74. The largest absolute Gasteiger partial charge is 0.326 e.